The van der Waals surface area contributed by atoms with Crippen LogP contribution in [0.2, 0.25) is 0 Å². The summed E-state index contributed by atoms with van der Waals surface area (Å²) in [6, 6.07) is 0. The molecule has 0 aromatic rings. The van der Waals surface area contributed by atoms with Crippen LogP contribution in [0.3, 0.4) is 0 Å². The largest absolute Gasteiger partial charge is 0.294 e. The molecule has 62 valence electrons. The van der Waals surface area contributed by atoms with Gasteiger partial charge in [-0.3, -0.25) is 4.79 Å². The number of hydrogen-bond acceptors (Lipinski definition) is 1. The highest BCUT2D eigenvalue weighted by Gasteiger charge is 2.11. The summed E-state index contributed by atoms with van der Waals surface area (Å²) >= 11 is 0. The first-order chi connectivity index (χ1) is 5.13. The van der Waals surface area contributed by atoms with Crippen molar-refractivity contribution in [3.05, 3.63) is 24.3 Å². The van der Waals surface area contributed by atoms with Crippen molar-refractivity contribution in [3.63, 3.8) is 0 Å². The zero-order valence-corrected chi connectivity index (χ0v) is 7.55. The van der Waals surface area contributed by atoms with Crippen LogP contribution in [0.5, 0.6) is 0 Å². The summed E-state index contributed by atoms with van der Waals surface area (Å²) < 4.78 is 0. The highest BCUT2D eigenvalue weighted by atomic mass is 16.1. The molecule has 0 radical (unpaired) electrons. The van der Waals surface area contributed by atoms with Crippen LogP contribution in [0.15, 0.2) is 24.3 Å². The van der Waals surface area contributed by atoms with Crippen LogP contribution >= 0.6 is 0 Å². The Morgan fingerprint density at radius 1 is 1.64 bits per heavy atom. The van der Waals surface area contributed by atoms with Crippen LogP contribution in [-0.2, 0) is 4.79 Å². The van der Waals surface area contributed by atoms with E-state index in [1.165, 1.54) is 0 Å². The van der Waals surface area contributed by atoms with E-state index in [1.54, 1.807) is 6.08 Å². The van der Waals surface area contributed by atoms with Gasteiger partial charge in [-0.15, -0.1) is 0 Å². The number of carbonyl (C=O) groups is 1. The van der Waals surface area contributed by atoms with Crippen LogP contribution in [0, 0.1) is 5.92 Å². The molecule has 1 atom stereocenters. The molecule has 0 saturated carbocycles. The molecule has 0 saturated heterocycles. The molecule has 11 heavy (non-hydrogen) atoms. The highest BCUT2D eigenvalue weighted by molar-refractivity contribution is 5.98. The second-order valence-corrected chi connectivity index (χ2v) is 2.70. The normalized spacial score (nSPS) is 13.4. The second-order valence-electron chi connectivity index (χ2n) is 2.70. The van der Waals surface area contributed by atoms with E-state index in [0.29, 0.717) is 5.57 Å². The Hall–Kier alpha value is -0.850. The van der Waals surface area contributed by atoms with Gasteiger partial charge in [-0.2, -0.15) is 0 Å². The minimum atomic E-state index is 0.110. The fourth-order valence-corrected chi connectivity index (χ4v) is 0.785. The van der Waals surface area contributed by atoms with E-state index in [1.807, 2.05) is 26.8 Å². The lowest BCUT2D eigenvalue weighted by Gasteiger charge is -2.05. The van der Waals surface area contributed by atoms with Crippen LogP contribution in [0.1, 0.15) is 27.2 Å². The molecule has 0 spiro atoms. The number of carbonyl (C=O) groups excluding carboxylic acids is 1. The Bertz CT molecular complexity index is 177. The average Bonchev–Trinajstić information content (AvgIpc) is 2.02. The van der Waals surface area contributed by atoms with Crippen molar-refractivity contribution < 1.29 is 4.79 Å². The topological polar surface area (TPSA) is 17.1 Å². The molecule has 1 heteroatoms. The average molecular weight is 152 g/mol. The van der Waals surface area contributed by atoms with Crippen LogP contribution in [0.25, 0.3) is 0 Å². The van der Waals surface area contributed by atoms with E-state index in [-0.39, 0.29) is 11.7 Å². The van der Waals surface area contributed by atoms with Crippen molar-refractivity contribution in [2.45, 2.75) is 27.2 Å². The Morgan fingerprint density at radius 3 is 2.55 bits per heavy atom. The SMILES string of the molecule is C=C(/C=C\C)C(=O)C(C)CC. The molecular weight excluding hydrogens is 136 g/mol. The van der Waals surface area contributed by atoms with Gasteiger partial charge in [0.2, 0.25) is 0 Å². The molecule has 0 amide bonds. The quantitative estimate of drug-likeness (QED) is 0.447. The summed E-state index contributed by atoms with van der Waals surface area (Å²) in [5.74, 6) is 0.268. The number of Topliss-reactive ketones (excluding diaryl/α,β-unsaturated/α-hetero) is 1. The van der Waals surface area contributed by atoms with Gasteiger partial charge in [0.15, 0.2) is 5.78 Å². The lowest BCUT2D eigenvalue weighted by molar-refractivity contribution is -0.118. The summed E-state index contributed by atoms with van der Waals surface area (Å²) in [7, 11) is 0. The maximum absolute atomic E-state index is 11.3. The van der Waals surface area contributed by atoms with Gasteiger partial charge in [-0.25, -0.2) is 0 Å². The van der Waals surface area contributed by atoms with Gasteiger partial charge in [-0.1, -0.05) is 32.6 Å². The van der Waals surface area contributed by atoms with Crippen LogP contribution in [0.4, 0.5) is 0 Å². The van der Waals surface area contributed by atoms with E-state index in [2.05, 4.69) is 6.58 Å². The summed E-state index contributed by atoms with van der Waals surface area (Å²) in [6.07, 6.45) is 4.48. The molecule has 0 aliphatic heterocycles. The van der Waals surface area contributed by atoms with Crippen molar-refractivity contribution in [3.8, 4) is 0 Å². The standard InChI is InChI=1S/C10H16O/c1-5-7-9(4)10(11)8(3)6-2/h5,7-8H,4,6H2,1-3H3/b7-5-. The predicted octanol–water partition coefficient (Wildman–Crippen LogP) is 2.73. The number of hydrogen-bond donors (Lipinski definition) is 0. The molecule has 0 N–H and O–H groups in total. The number of rotatable bonds is 4. The van der Waals surface area contributed by atoms with Crippen LogP contribution < -0.4 is 0 Å². The van der Waals surface area contributed by atoms with Crippen molar-refractivity contribution in [2.75, 3.05) is 0 Å². The number of allylic oxidation sites excluding steroid dienone is 3. The van der Waals surface area contributed by atoms with Crippen molar-refractivity contribution in [1.82, 2.24) is 0 Å². The van der Waals surface area contributed by atoms with Crippen molar-refractivity contribution >= 4 is 5.78 Å². The van der Waals surface area contributed by atoms with Gasteiger partial charge in [-0.05, 0) is 13.3 Å². The van der Waals surface area contributed by atoms with E-state index >= 15 is 0 Å². The van der Waals surface area contributed by atoms with E-state index in [9.17, 15) is 4.79 Å². The minimum absolute atomic E-state index is 0.110. The lowest BCUT2D eigenvalue weighted by Crippen LogP contribution is -2.10. The molecule has 1 nitrogen and oxygen atoms in total. The Kier molecular flexibility index (Phi) is 4.51. The third-order valence-corrected chi connectivity index (χ3v) is 1.74. The van der Waals surface area contributed by atoms with Gasteiger partial charge in [0.1, 0.15) is 0 Å². The van der Waals surface area contributed by atoms with Crippen molar-refractivity contribution in [1.29, 1.82) is 0 Å². The summed E-state index contributed by atoms with van der Waals surface area (Å²) in [6.45, 7) is 9.49. The fourth-order valence-electron chi connectivity index (χ4n) is 0.785. The highest BCUT2D eigenvalue weighted by Crippen LogP contribution is 2.09. The fraction of sp³-hybridized carbons (Fsp3) is 0.500. The molecule has 0 aromatic carbocycles. The second kappa shape index (κ2) is 4.89. The molecule has 0 aliphatic carbocycles. The molecule has 0 heterocycles. The zero-order valence-electron chi connectivity index (χ0n) is 7.55. The van der Waals surface area contributed by atoms with Crippen molar-refractivity contribution in [2.24, 2.45) is 5.92 Å². The molecule has 0 bridgehead atoms. The Balaban J connectivity index is 4.13. The Labute approximate surface area is 68.8 Å². The Morgan fingerprint density at radius 2 is 2.18 bits per heavy atom. The molecule has 0 rings (SSSR count). The first-order valence-corrected chi connectivity index (χ1v) is 3.99. The van der Waals surface area contributed by atoms with E-state index in [0.717, 1.165) is 6.42 Å². The molecule has 0 aliphatic rings. The first-order valence-electron chi connectivity index (χ1n) is 3.99. The van der Waals surface area contributed by atoms with E-state index < -0.39 is 0 Å². The molecule has 0 aromatic heterocycles. The summed E-state index contributed by atoms with van der Waals surface area (Å²) in [5, 5.41) is 0. The smallest absolute Gasteiger partial charge is 0.165 e. The predicted molar refractivity (Wildman–Crippen MR) is 48.4 cm³/mol. The van der Waals surface area contributed by atoms with Crippen LogP contribution in [-0.4, -0.2) is 5.78 Å². The summed E-state index contributed by atoms with van der Waals surface area (Å²) in [5.41, 5.74) is 0.613. The monoisotopic (exact) mass is 152 g/mol. The van der Waals surface area contributed by atoms with Gasteiger partial charge >= 0.3 is 0 Å². The maximum Gasteiger partial charge on any atom is 0.165 e. The van der Waals surface area contributed by atoms with Gasteiger partial charge in [0.25, 0.3) is 0 Å². The summed E-state index contributed by atoms with van der Waals surface area (Å²) in [4.78, 5) is 11.3. The van der Waals surface area contributed by atoms with Gasteiger partial charge in [0.05, 0.1) is 0 Å². The molecular formula is C10H16O. The lowest BCUT2D eigenvalue weighted by atomic mass is 9.98. The number of ketones is 1. The maximum atomic E-state index is 11.3. The van der Waals surface area contributed by atoms with Gasteiger partial charge < -0.3 is 0 Å². The van der Waals surface area contributed by atoms with Gasteiger partial charge in [0, 0.05) is 11.5 Å². The third kappa shape index (κ3) is 3.17. The molecule has 1 unspecified atom stereocenters. The van der Waals surface area contributed by atoms with E-state index in [4.69, 9.17) is 0 Å². The minimum Gasteiger partial charge on any atom is -0.294 e. The molecule has 0 fully saturated rings. The zero-order chi connectivity index (χ0) is 8.85. The first kappa shape index (κ1) is 10.2. The third-order valence-electron chi connectivity index (χ3n) is 1.74.